The number of nitrogens with zero attached hydrogens (tertiary/aromatic N) is 1. The van der Waals surface area contributed by atoms with Gasteiger partial charge in [-0.2, -0.15) is 5.26 Å². The summed E-state index contributed by atoms with van der Waals surface area (Å²) in [4.78, 5) is 11.8. The zero-order chi connectivity index (χ0) is 16.9. The quantitative estimate of drug-likeness (QED) is 0.783. The van der Waals surface area contributed by atoms with Crippen LogP contribution in [0, 0.1) is 11.3 Å². The van der Waals surface area contributed by atoms with Gasteiger partial charge in [-0.25, -0.2) is 4.79 Å². The summed E-state index contributed by atoms with van der Waals surface area (Å²) < 4.78 is 11.3. The molecule has 21 heavy (non-hydrogen) atoms. The molecule has 0 fully saturated rings. The molecule has 0 aromatic carbocycles. The first-order chi connectivity index (χ1) is 9.28. The molecule has 122 valence electrons. The molecule has 0 aromatic heterocycles. The van der Waals surface area contributed by atoms with E-state index < -0.39 is 20.0 Å². The molecule has 1 atom stereocenters. The third-order valence-corrected chi connectivity index (χ3v) is 8.01. The number of ether oxygens (including phenoxy) is 1. The fourth-order valence-corrected chi connectivity index (χ4v) is 2.31. The molecule has 0 aliphatic carbocycles. The Kier molecular flexibility index (Phi) is 6.91. The second-order valence-electron chi connectivity index (χ2n) is 7.78. The minimum absolute atomic E-state index is 0.0934. The Morgan fingerprint density at radius 1 is 1.24 bits per heavy atom. The van der Waals surface area contributed by atoms with Crippen LogP contribution in [0.5, 0.6) is 0 Å². The molecule has 0 aliphatic rings. The Bertz CT molecular complexity index is 389. The summed E-state index contributed by atoms with van der Waals surface area (Å²) in [7, 11) is -1.90. The van der Waals surface area contributed by atoms with Crippen LogP contribution in [-0.2, 0) is 9.16 Å². The maximum absolute atomic E-state index is 11.8. The molecule has 0 aliphatic heterocycles. The molecule has 0 saturated heterocycles. The van der Waals surface area contributed by atoms with Crippen LogP contribution >= 0.6 is 0 Å². The van der Waals surface area contributed by atoms with Crippen molar-refractivity contribution < 1.29 is 14.0 Å². The minimum Gasteiger partial charge on any atom is -0.444 e. The third-order valence-electron chi connectivity index (χ3n) is 3.51. The average molecular weight is 315 g/mol. The number of hydrogen-bond donors (Lipinski definition) is 1. The summed E-state index contributed by atoms with van der Waals surface area (Å²) in [6.45, 7) is 16.5. The van der Waals surface area contributed by atoms with Crippen LogP contribution in [0.4, 0.5) is 4.79 Å². The molecule has 6 heteroatoms. The van der Waals surface area contributed by atoms with Crippen molar-refractivity contribution in [2.45, 2.75) is 77.7 Å². The monoisotopic (exact) mass is 314 g/mol. The Hall–Kier alpha value is -1.06. The van der Waals surface area contributed by atoms with E-state index in [0.29, 0.717) is 6.61 Å². The largest absolute Gasteiger partial charge is 0.444 e. The Morgan fingerprint density at radius 2 is 1.76 bits per heavy atom. The van der Waals surface area contributed by atoms with Gasteiger partial charge in [0, 0.05) is 0 Å². The van der Waals surface area contributed by atoms with Crippen molar-refractivity contribution in [1.29, 1.82) is 5.26 Å². The van der Waals surface area contributed by atoms with Gasteiger partial charge in [-0.1, -0.05) is 20.8 Å². The normalized spacial score (nSPS) is 14.2. The van der Waals surface area contributed by atoms with Crippen molar-refractivity contribution in [3.05, 3.63) is 0 Å². The molecule has 1 amide bonds. The molecule has 0 bridgehead atoms. The van der Waals surface area contributed by atoms with Crippen LogP contribution in [0.3, 0.4) is 0 Å². The van der Waals surface area contributed by atoms with Gasteiger partial charge in [-0.05, 0) is 38.9 Å². The second-order valence-corrected chi connectivity index (χ2v) is 12.6. The molecule has 5 nitrogen and oxygen atoms in total. The average Bonchev–Trinajstić information content (AvgIpc) is 2.22. The molecule has 0 aromatic rings. The van der Waals surface area contributed by atoms with Gasteiger partial charge < -0.3 is 14.5 Å². The van der Waals surface area contributed by atoms with Gasteiger partial charge in [0.15, 0.2) is 8.32 Å². The zero-order valence-electron chi connectivity index (χ0n) is 14.7. The van der Waals surface area contributed by atoms with Crippen molar-refractivity contribution in [1.82, 2.24) is 5.32 Å². The van der Waals surface area contributed by atoms with Crippen molar-refractivity contribution >= 4 is 14.4 Å². The van der Waals surface area contributed by atoms with E-state index in [1.54, 1.807) is 20.8 Å². The van der Waals surface area contributed by atoms with Gasteiger partial charge >= 0.3 is 6.09 Å². The highest BCUT2D eigenvalue weighted by Gasteiger charge is 2.37. The highest BCUT2D eigenvalue weighted by molar-refractivity contribution is 6.74. The summed E-state index contributed by atoms with van der Waals surface area (Å²) in [5.74, 6) is 0. The molecular formula is C15H30N2O3Si. The lowest BCUT2D eigenvalue weighted by Crippen LogP contribution is -2.47. The number of carbonyl (C=O) groups is 1. The van der Waals surface area contributed by atoms with E-state index >= 15 is 0 Å². The Morgan fingerprint density at radius 3 is 2.14 bits per heavy atom. The molecule has 1 unspecified atom stereocenters. The van der Waals surface area contributed by atoms with Crippen LogP contribution in [-0.4, -0.2) is 32.7 Å². The standard InChI is InChI=1S/C15H30N2O3Si/c1-14(2,3)20-13(18)17-12(9-10-16)11-19-21(7,8)15(4,5)6/h12H,9,11H2,1-8H3,(H,17,18). The van der Waals surface area contributed by atoms with E-state index in [1.165, 1.54) is 0 Å². The smallest absolute Gasteiger partial charge is 0.407 e. The highest BCUT2D eigenvalue weighted by atomic mass is 28.4. The predicted molar refractivity (Wildman–Crippen MR) is 86.5 cm³/mol. The van der Waals surface area contributed by atoms with Crippen LogP contribution in [0.1, 0.15) is 48.0 Å². The fourth-order valence-electron chi connectivity index (χ4n) is 1.26. The number of nitriles is 1. The Balaban J connectivity index is 4.59. The second kappa shape index (κ2) is 7.28. The topological polar surface area (TPSA) is 71.3 Å². The summed E-state index contributed by atoms with van der Waals surface area (Å²) in [5.41, 5.74) is -0.554. The molecular weight excluding hydrogens is 284 g/mol. The van der Waals surface area contributed by atoms with Crippen LogP contribution < -0.4 is 5.32 Å². The van der Waals surface area contributed by atoms with E-state index in [1.807, 2.05) is 0 Å². The third kappa shape index (κ3) is 8.07. The highest BCUT2D eigenvalue weighted by Crippen LogP contribution is 2.36. The summed E-state index contributed by atoms with van der Waals surface area (Å²) in [5, 5.41) is 11.7. The van der Waals surface area contributed by atoms with Crippen LogP contribution in [0.25, 0.3) is 0 Å². The van der Waals surface area contributed by atoms with Crippen molar-refractivity contribution in [3.63, 3.8) is 0 Å². The molecule has 0 radical (unpaired) electrons. The lowest BCUT2D eigenvalue weighted by molar-refractivity contribution is 0.0486. The molecule has 0 heterocycles. The molecule has 0 saturated carbocycles. The summed E-state index contributed by atoms with van der Waals surface area (Å²) >= 11 is 0. The van der Waals surface area contributed by atoms with Crippen molar-refractivity contribution in [3.8, 4) is 6.07 Å². The number of amides is 1. The van der Waals surface area contributed by atoms with Gasteiger partial charge in [0.25, 0.3) is 0 Å². The van der Waals surface area contributed by atoms with Crippen LogP contribution in [0.15, 0.2) is 0 Å². The minimum atomic E-state index is -1.90. The van der Waals surface area contributed by atoms with E-state index in [4.69, 9.17) is 14.4 Å². The van der Waals surface area contributed by atoms with E-state index in [2.05, 4.69) is 45.3 Å². The Labute approximate surface area is 130 Å². The van der Waals surface area contributed by atoms with Crippen molar-refractivity contribution in [2.24, 2.45) is 0 Å². The number of alkyl carbamates (subject to hydrolysis) is 1. The lowest BCUT2D eigenvalue weighted by atomic mass is 10.2. The number of nitrogens with one attached hydrogen (secondary N) is 1. The first-order valence-corrected chi connectivity index (χ1v) is 10.2. The predicted octanol–water partition coefficient (Wildman–Crippen LogP) is 3.82. The number of hydrogen-bond acceptors (Lipinski definition) is 4. The SMILES string of the molecule is CC(C)(C)OC(=O)NC(CC#N)CO[Si](C)(C)C(C)(C)C. The zero-order valence-corrected chi connectivity index (χ0v) is 15.7. The molecule has 1 N–H and O–H groups in total. The van der Waals surface area contributed by atoms with E-state index in [9.17, 15) is 4.79 Å². The first kappa shape index (κ1) is 19.9. The maximum Gasteiger partial charge on any atom is 0.407 e. The van der Waals surface area contributed by atoms with E-state index in [-0.39, 0.29) is 17.5 Å². The lowest BCUT2D eigenvalue weighted by Gasteiger charge is -2.37. The van der Waals surface area contributed by atoms with E-state index in [0.717, 1.165) is 0 Å². The van der Waals surface area contributed by atoms with Gasteiger partial charge in [-0.15, -0.1) is 0 Å². The number of carbonyl (C=O) groups excluding carboxylic acids is 1. The van der Waals surface area contributed by atoms with Gasteiger partial charge in [0.05, 0.1) is 25.1 Å². The van der Waals surface area contributed by atoms with Gasteiger partial charge in [0.1, 0.15) is 5.60 Å². The van der Waals surface area contributed by atoms with Gasteiger partial charge in [0.2, 0.25) is 0 Å². The van der Waals surface area contributed by atoms with Crippen molar-refractivity contribution in [2.75, 3.05) is 6.61 Å². The number of rotatable bonds is 5. The summed E-state index contributed by atoms with van der Waals surface area (Å²) in [6, 6.07) is 1.73. The fraction of sp³-hybridized carbons (Fsp3) is 0.867. The first-order valence-electron chi connectivity index (χ1n) is 7.29. The molecule has 0 rings (SSSR count). The molecule has 0 spiro atoms. The maximum atomic E-state index is 11.8. The summed E-state index contributed by atoms with van der Waals surface area (Å²) in [6.07, 6.45) is -0.310. The van der Waals surface area contributed by atoms with Gasteiger partial charge in [-0.3, -0.25) is 0 Å². The van der Waals surface area contributed by atoms with Crippen LogP contribution in [0.2, 0.25) is 18.1 Å².